The van der Waals surface area contributed by atoms with Gasteiger partial charge in [0.05, 0.1) is 0 Å². The van der Waals surface area contributed by atoms with Crippen LogP contribution in [0.3, 0.4) is 0 Å². The van der Waals surface area contributed by atoms with Gasteiger partial charge in [0.2, 0.25) is 0 Å². The average molecular weight is 2460 g/mol. The molecule has 24 rings (SSSR count). The van der Waals surface area contributed by atoms with Crippen molar-refractivity contribution >= 4 is 125 Å². The maximum Gasteiger partial charge on any atom is 0.145 e. The minimum absolute atomic E-state index is 0. The van der Waals surface area contributed by atoms with Gasteiger partial charge in [0, 0.05) is 152 Å². The van der Waals surface area contributed by atoms with E-state index in [-0.39, 0.29) is 80.4 Å². The molecule has 0 fully saturated rings. The molecule has 4 radical (unpaired) electrons. The monoisotopic (exact) mass is 2460 g/mol. The molecule has 680 valence electrons. The Hall–Kier alpha value is -14.1. The molecule has 8 aliphatic rings. The van der Waals surface area contributed by atoms with E-state index in [4.69, 9.17) is 4.42 Å². The van der Waals surface area contributed by atoms with Crippen molar-refractivity contribution in [2.24, 2.45) is 0 Å². The molecule has 0 amide bonds. The van der Waals surface area contributed by atoms with Gasteiger partial charge in [-0.05, 0) is 122 Å². The fraction of sp³-hybridized carbons (Fsp3) is 0.0577. The molecule has 0 bridgehead atoms. The third-order valence-corrected chi connectivity index (χ3v) is 20.2. The second kappa shape index (κ2) is 47.1. The third-order valence-electron chi connectivity index (χ3n) is 20.2. The molecule has 5 aromatic heterocycles. The van der Waals surface area contributed by atoms with Crippen LogP contribution in [0.1, 0.15) is 0 Å². The van der Waals surface area contributed by atoms with Gasteiger partial charge in [-0.3, -0.25) is 0 Å². The van der Waals surface area contributed by atoms with Crippen LogP contribution in [0.4, 0.5) is 103 Å². The number of anilines is 18. The molecular weight excluding hydrogens is 2370 g/mol. The summed E-state index contributed by atoms with van der Waals surface area (Å²) in [6.07, 6.45) is 29.6. The van der Waals surface area contributed by atoms with Crippen LogP contribution >= 0.6 is 0 Å². The summed E-state index contributed by atoms with van der Waals surface area (Å²) in [7, 11) is 11.9. The van der Waals surface area contributed by atoms with E-state index in [1.165, 1.54) is 0 Å². The molecule has 0 spiro atoms. The molecule has 11 aromatic carbocycles. The largest absolute Gasteiger partial charge is 0.514 e. The first-order valence-electron chi connectivity index (χ1n) is 41.2. The summed E-state index contributed by atoms with van der Waals surface area (Å²) in [5.41, 5.74) is 11.9. The number of furan rings is 1. The van der Waals surface area contributed by atoms with Gasteiger partial charge in [-0.25, -0.2) is 39.9 Å². The molecule has 13 heterocycles. The van der Waals surface area contributed by atoms with E-state index in [0.717, 1.165) is 125 Å². The summed E-state index contributed by atoms with van der Waals surface area (Å²) in [5, 5.41) is 2.27. The maximum absolute atomic E-state index is 5.99. The van der Waals surface area contributed by atoms with Gasteiger partial charge in [-0.1, -0.05) is 65.7 Å². The normalized spacial score (nSPS) is 14.0. The van der Waals surface area contributed by atoms with Crippen LogP contribution in [0.5, 0.6) is 0 Å². The summed E-state index contributed by atoms with van der Waals surface area (Å²) in [5.74, 6) is 6.66. The van der Waals surface area contributed by atoms with Gasteiger partial charge >= 0.3 is 0 Å². The molecule has 29 heteroatoms. The number of fused-ring (bicyclic) bond motifs is 7. The smallest absolute Gasteiger partial charge is 0.145 e. The van der Waals surface area contributed by atoms with Gasteiger partial charge in [0.1, 0.15) is 52.1 Å². The van der Waals surface area contributed by atoms with E-state index < -0.39 is 0 Å². The van der Waals surface area contributed by atoms with Crippen LogP contribution in [-0.2, 0) is 80.4 Å². The summed E-state index contributed by atoms with van der Waals surface area (Å²) in [6, 6.07) is 113. The number of rotatable bonds is 10. The Morgan fingerprint density at radius 3 is 0.805 bits per heavy atom. The van der Waals surface area contributed by atoms with Crippen LogP contribution < -0.4 is 58.8 Å². The minimum Gasteiger partial charge on any atom is -0.514 e. The predicted octanol–water partition coefficient (Wildman–Crippen LogP) is 20.5. The van der Waals surface area contributed by atoms with Crippen molar-refractivity contribution in [3.63, 3.8) is 0 Å². The van der Waals surface area contributed by atoms with Gasteiger partial charge in [0.15, 0.2) is 0 Å². The molecule has 0 atom stereocenters. The Balaban J connectivity index is 0.000000130. The first-order chi connectivity index (χ1) is 63.5. The molecule has 0 saturated heterocycles. The number of benzene rings is 11. The molecule has 0 N–H and O–H groups in total. The van der Waals surface area contributed by atoms with Gasteiger partial charge < -0.3 is 82.8 Å². The van der Waals surface area contributed by atoms with Crippen molar-refractivity contribution in [1.29, 1.82) is 0 Å². The number of aromatic nitrogens is 8. The van der Waals surface area contributed by atoms with E-state index in [1.807, 2.05) is 484 Å². The van der Waals surface area contributed by atoms with Gasteiger partial charge in [0.25, 0.3) is 0 Å². The second-order valence-corrected chi connectivity index (χ2v) is 29.2. The first-order valence-corrected chi connectivity index (χ1v) is 41.2. The molecule has 0 saturated carbocycles. The van der Waals surface area contributed by atoms with Crippen LogP contribution in [0.25, 0.3) is 21.9 Å². The summed E-state index contributed by atoms with van der Waals surface area (Å²) in [4.78, 5) is 67.1. The van der Waals surface area contributed by atoms with Crippen LogP contribution in [0, 0.1) is 102 Å². The SMILES string of the molecule is CN1C=CN(c2[c-]ccc3c2oc2ccccc23)[CH-]1.CN1C=CN(c2[c-]cccc2)[CH-]1.CN1C=CN(c2[c-]cccc2)[CH-]1.CN1C=CN(c2[c-]cccc2)[CH-]1.CN1[CH-]N(c2[c-]cccc2)c2nccnc21.CN1[CH-]N(c2[c-]cccc2)c2nccnc21.[Ir].[Ir].[Ir].[Ir].[c-]1ccccc1N1[CH-]N(c2ccccc2)c2nccnc21.[c-]1ccccc1N1[CH-]N(c2ccccc2)c2nccnc21. The van der Waals surface area contributed by atoms with E-state index in [1.54, 1.807) is 49.6 Å². The number of hydrogen-bond donors (Lipinski definition) is 0. The van der Waals surface area contributed by atoms with Crippen molar-refractivity contribution in [3.8, 4) is 0 Å². The van der Waals surface area contributed by atoms with Crippen molar-refractivity contribution in [2.75, 3.05) is 101 Å². The van der Waals surface area contributed by atoms with E-state index in [0.29, 0.717) is 0 Å². The zero-order valence-corrected chi connectivity index (χ0v) is 82.3. The number of nitrogens with zero attached hydrogens (tertiary/aromatic N) is 24. The van der Waals surface area contributed by atoms with Crippen LogP contribution in [0.15, 0.2) is 371 Å². The topological polar surface area (TPSA) is 168 Å². The summed E-state index contributed by atoms with van der Waals surface area (Å²) in [6.45, 7) is 15.9. The number of hydrogen-bond acceptors (Lipinski definition) is 25. The molecule has 0 unspecified atom stereocenters. The maximum atomic E-state index is 5.99. The van der Waals surface area contributed by atoms with Crippen molar-refractivity contribution in [3.05, 3.63) is 468 Å². The zero-order chi connectivity index (χ0) is 88.0. The minimum atomic E-state index is 0. The summed E-state index contributed by atoms with van der Waals surface area (Å²) >= 11 is 0. The van der Waals surface area contributed by atoms with E-state index >= 15 is 0 Å². The molecule has 8 aliphatic heterocycles. The molecule has 0 aliphatic carbocycles. The Labute approximate surface area is 831 Å². The summed E-state index contributed by atoms with van der Waals surface area (Å²) < 4.78 is 5.99. The van der Waals surface area contributed by atoms with Crippen LogP contribution in [-0.4, -0.2) is 102 Å². The standard InChI is InChI=1S/2C17H12N4.C16H12N2O.2C12H10N4.3C10H10N2.4Ir/c2*1-3-7-14(8-4-1)20-13-21(15-9-5-2-6-10-15)17-16(20)18-11-12-19-17;1-17-9-10-18(11-17)14-7-4-6-13-12-5-2-3-8-15(12)19-16(13)14;2*1-15-9-16(10-5-3-2-4-6-10)12-11(15)13-7-8-14-12;3*1-11-7-8-12(9-11)10-5-3-2-4-6-10;;;;/h2*1-9,11-13H;2-6,8-11H,1H3;2*2-5,7-9H,1H3;3*2-5,7-9H,1H3;;;;/q8*-2;;;;. The van der Waals surface area contributed by atoms with Crippen molar-refractivity contribution in [2.45, 2.75) is 0 Å². The zero-order valence-electron chi connectivity index (χ0n) is 72.7. The fourth-order valence-electron chi connectivity index (χ4n) is 14.1. The van der Waals surface area contributed by atoms with Crippen LogP contribution in [0.2, 0.25) is 0 Å². The Morgan fingerprint density at radius 2 is 0.496 bits per heavy atom. The molecular formula is C104H86Ir4N24O-16. The predicted molar refractivity (Wildman–Crippen MR) is 512 cm³/mol. The average Bonchev–Trinajstić information content (AvgIpc) is 1.63. The number of para-hydroxylation sites is 10. The fourth-order valence-corrected chi connectivity index (χ4v) is 14.1. The van der Waals surface area contributed by atoms with E-state index in [2.05, 4.69) is 94.5 Å². The Morgan fingerprint density at radius 1 is 0.226 bits per heavy atom. The first kappa shape index (κ1) is 96.5. The third kappa shape index (κ3) is 23.6. The molecule has 16 aromatic rings. The Kier molecular flexibility index (Phi) is 34.2. The Bertz CT molecular complexity index is 5900. The molecule has 133 heavy (non-hydrogen) atoms. The van der Waals surface area contributed by atoms with Crippen molar-refractivity contribution in [1.82, 2.24) is 59.5 Å². The van der Waals surface area contributed by atoms with Crippen molar-refractivity contribution < 1.29 is 84.8 Å². The second-order valence-electron chi connectivity index (χ2n) is 29.2. The molecule has 25 nitrogen and oxygen atoms in total. The van der Waals surface area contributed by atoms with E-state index in [9.17, 15) is 0 Å². The van der Waals surface area contributed by atoms with Gasteiger partial charge in [-0.2, -0.15) is 257 Å². The van der Waals surface area contributed by atoms with Gasteiger partial charge in [-0.15, -0.1) is 66.5 Å². The quantitative estimate of drug-likeness (QED) is 0.118.